The minimum atomic E-state index is 0.480. The normalized spacial score (nSPS) is 10.7. The average molecular weight is 360 g/mol. The van der Waals surface area contributed by atoms with Crippen LogP contribution in [0.25, 0.3) is 22.2 Å². The number of benzene rings is 3. The second-order valence-electron chi connectivity index (χ2n) is 6.10. The molecule has 0 radical (unpaired) electrons. The standard InChI is InChI=1S/C22H20N2O3/c1-25-18-10-8-17(21(13-18)26-2)14-23-22-24-19-12-16(9-11-20(19)27-22)15-6-4-3-5-7-15/h3-13H,14H2,1-2H3,(H,23,24). The van der Waals surface area contributed by atoms with Crippen LogP contribution in [-0.4, -0.2) is 19.2 Å². The number of hydrogen-bond donors (Lipinski definition) is 1. The predicted octanol–water partition coefficient (Wildman–Crippen LogP) is 5.12. The summed E-state index contributed by atoms with van der Waals surface area (Å²) in [7, 11) is 3.28. The molecule has 1 heterocycles. The molecule has 4 aromatic rings. The van der Waals surface area contributed by atoms with Crippen molar-refractivity contribution in [1.82, 2.24) is 4.98 Å². The Bertz CT molecular complexity index is 1060. The van der Waals surface area contributed by atoms with Gasteiger partial charge < -0.3 is 19.2 Å². The van der Waals surface area contributed by atoms with Crippen molar-refractivity contribution in [1.29, 1.82) is 0 Å². The number of fused-ring (bicyclic) bond motifs is 1. The summed E-state index contributed by atoms with van der Waals surface area (Å²) in [4.78, 5) is 4.56. The van der Waals surface area contributed by atoms with Gasteiger partial charge in [-0.3, -0.25) is 0 Å². The summed E-state index contributed by atoms with van der Waals surface area (Å²) in [5, 5.41) is 3.22. The summed E-state index contributed by atoms with van der Waals surface area (Å²) >= 11 is 0. The molecule has 0 fully saturated rings. The van der Waals surface area contributed by atoms with Gasteiger partial charge in [-0.05, 0) is 35.4 Å². The fourth-order valence-corrected chi connectivity index (χ4v) is 2.98. The third kappa shape index (κ3) is 3.58. The molecular weight excluding hydrogens is 340 g/mol. The van der Waals surface area contributed by atoms with Crippen molar-refractivity contribution in [2.75, 3.05) is 19.5 Å². The van der Waals surface area contributed by atoms with Crippen LogP contribution in [0.5, 0.6) is 11.5 Å². The van der Waals surface area contributed by atoms with Crippen LogP contribution in [0.15, 0.2) is 71.1 Å². The van der Waals surface area contributed by atoms with E-state index in [1.54, 1.807) is 14.2 Å². The molecule has 136 valence electrons. The zero-order valence-corrected chi connectivity index (χ0v) is 15.2. The molecule has 0 spiro atoms. The molecule has 0 saturated carbocycles. The quantitative estimate of drug-likeness (QED) is 0.517. The van der Waals surface area contributed by atoms with Crippen LogP contribution in [-0.2, 0) is 6.54 Å². The second kappa shape index (κ2) is 7.41. The Morgan fingerprint density at radius 3 is 2.52 bits per heavy atom. The molecule has 1 N–H and O–H groups in total. The number of anilines is 1. The number of aromatic nitrogens is 1. The summed E-state index contributed by atoms with van der Waals surface area (Å²) in [5.41, 5.74) is 4.82. The maximum atomic E-state index is 5.81. The Morgan fingerprint density at radius 2 is 1.74 bits per heavy atom. The topological polar surface area (TPSA) is 56.5 Å². The maximum Gasteiger partial charge on any atom is 0.295 e. The third-order valence-electron chi connectivity index (χ3n) is 4.42. The molecular formula is C22H20N2O3. The lowest BCUT2D eigenvalue weighted by molar-refractivity contribution is 0.391. The summed E-state index contributed by atoms with van der Waals surface area (Å²) in [6.45, 7) is 0.533. The van der Waals surface area contributed by atoms with E-state index in [9.17, 15) is 0 Å². The van der Waals surface area contributed by atoms with Crippen molar-refractivity contribution in [2.24, 2.45) is 0 Å². The third-order valence-corrected chi connectivity index (χ3v) is 4.42. The largest absolute Gasteiger partial charge is 0.497 e. The summed E-state index contributed by atoms with van der Waals surface area (Å²) in [5.74, 6) is 1.51. The fraction of sp³-hybridized carbons (Fsp3) is 0.136. The minimum absolute atomic E-state index is 0.480. The van der Waals surface area contributed by atoms with Crippen molar-refractivity contribution in [2.45, 2.75) is 6.54 Å². The van der Waals surface area contributed by atoms with Crippen molar-refractivity contribution in [3.8, 4) is 22.6 Å². The number of rotatable bonds is 6. The molecule has 1 aromatic heterocycles. The minimum Gasteiger partial charge on any atom is -0.497 e. The first-order chi connectivity index (χ1) is 13.3. The van der Waals surface area contributed by atoms with Crippen LogP contribution in [0.4, 0.5) is 6.01 Å². The number of nitrogens with one attached hydrogen (secondary N) is 1. The van der Waals surface area contributed by atoms with E-state index in [1.165, 1.54) is 0 Å². The van der Waals surface area contributed by atoms with Gasteiger partial charge in [-0.1, -0.05) is 36.4 Å². The molecule has 4 rings (SSSR count). The van der Waals surface area contributed by atoms with E-state index >= 15 is 0 Å². The molecule has 0 bridgehead atoms. The van der Waals surface area contributed by atoms with Gasteiger partial charge >= 0.3 is 0 Å². The van der Waals surface area contributed by atoms with E-state index < -0.39 is 0 Å². The summed E-state index contributed by atoms with van der Waals surface area (Å²) in [6, 6.07) is 22.4. The molecule has 0 aliphatic carbocycles. The Labute approximate surface area is 157 Å². The van der Waals surface area contributed by atoms with Crippen molar-refractivity contribution in [3.05, 3.63) is 72.3 Å². The van der Waals surface area contributed by atoms with Gasteiger partial charge in [0.2, 0.25) is 0 Å². The zero-order valence-electron chi connectivity index (χ0n) is 15.2. The van der Waals surface area contributed by atoms with Crippen LogP contribution >= 0.6 is 0 Å². The summed E-state index contributed by atoms with van der Waals surface area (Å²) < 4.78 is 16.5. The van der Waals surface area contributed by atoms with Gasteiger partial charge in [0.1, 0.15) is 17.0 Å². The Morgan fingerprint density at radius 1 is 0.889 bits per heavy atom. The Hall–Kier alpha value is -3.47. The van der Waals surface area contributed by atoms with Gasteiger partial charge in [0.05, 0.1) is 14.2 Å². The molecule has 0 saturated heterocycles. The molecule has 0 aliphatic heterocycles. The van der Waals surface area contributed by atoms with E-state index in [0.717, 1.165) is 39.3 Å². The molecule has 0 atom stereocenters. The highest BCUT2D eigenvalue weighted by Crippen LogP contribution is 2.28. The Balaban J connectivity index is 1.55. The second-order valence-corrected chi connectivity index (χ2v) is 6.10. The zero-order chi connectivity index (χ0) is 18.6. The predicted molar refractivity (Wildman–Crippen MR) is 106 cm³/mol. The number of oxazole rings is 1. The van der Waals surface area contributed by atoms with Crippen LogP contribution in [0, 0.1) is 0 Å². The fourth-order valence-electron chi connectivity index (χ4n) is 2.98. The van der Waals surface area contributed by atoms with Crippen LogP contribution < -0.4 is 14.8 Å². The summed E-state index contributed by atoms with van der Waals surface area (Å²) in [6.07, 6.45) is 0. The molecule has 3 aromatic carbocycles. The van der Waals surface area contributed by atoms with E-state index in [4.69, 9.17) is 13.9 Å². The highest BCUT2D eigenvalue weighted by Gasteiger charge is 2.09. The van der Waals surface area contributed by atoms with Crippen LogP contribution in [0.2, 0.25) is 0 Å². The van der Waals surface area contributed by atoms with Crippen molar-refractivity contribution >= 4 is 17.1 Å². The Kier molecular flexibility index (Phi) is 4.66. The monoisotopic (exact) mass is 360 g/mol. The van der Waals surface area contributed by atoms with Crippen LogP contribution in [0.3, 0.4) is 0 Å². The first kappa shape index (κ1) is 17.0. The van der Waals surface area contributed by atoms with Gasteiger partial charge in [0.25, 0.3) is 6.01 Å². The molecule has 0 aliphatic rings. The molecule has 5 nitrogen and oxygen atoms in total. The van der Waals surface area contributed by atoms with E-state index in [0.29, 0.717) is 12.6 Å². The maximum absolute atomic E-state index is 5.81. The lowest BCUT2D eigenvalue weighted by Crippen LogP contribution is -2.02. The van der Waals surface area contributed by atoms with Gasteiger partial charge in [-0.25, -0.2) is 0 Å². The lowest BCUT2D eigenvalue weighted by Gasteiger charge is -2.10. The highest BCUT2D eigenvalue weighted by molar-refractivity contribution is 5.81. The first-order valence-electron chi connectivity index (χ1n) is 8.67. The number of methoxy groups -OCH3 is 2. The smallest absolute Gasteiger partial charge is 0.295 e. The van der Waals surface area contributed by atoms with Gasteiger partial charge in [-0.2, -0.15) is 4.98 Å². The number of hydrogen-bond acceptors (Lipinski definition) is 5. The van der Waals surface area contributed by atoms with Gasteiger partial charge in [0.15, 0.2) is 5.58 Å². The van der Waals surface area contributed by atoms with Crippen molar-refractivity contribution in [3.63, 3.8) is 0 Å². The molecule has 27 heavy (non-hydrogen) atoms. The molecule has 5 heteroatoms. The first-order valence-corrected chi connectivity index (χ1v) is 8.67. The van der Waals surface area contributed by atoms with E-state index in [-0.39, 0.29) is 0 Å². The molecule has 0 amide bonds. The van der Waals surface area contributed by atoms with Gasteiger partial charge in [0, 0.05) is 18.2 Å². The molecule has 0 unspecified atom stereocenters. The van der Waals surface area contributed by atoms with Gasteiger partial charge in [-0.15, -0.1) is 0 Å². The number of ether oxygens (including phenoxy) is 2. The van der Waals surface area contributed by atoms with Crippen molar-refractivity contribution < 1.29 is 13.9 Å². The lowest BCUT2D eigenvalue weighted by atomic mass is 10.1. The van der Waals surface area contributed by atoms with E-state index in [1.807, 2.05) is 54.6 Å². The highest BCUT2D eigenvalue weighted by atomic mass is 16.5. The number of nitrogens with zero attached hydrogens (tertiary/aromatic N) is 1. The van der Waals surface area contributed by atoms with Crippen LogP contribution in [0.1, 0.15) is 5.56 Å². The van der Waals surface area contributed by atoms with E-state index in [2.05, 4.69) is 22.4 Å². The SMILES string of the molecule is COc1ccc(CNc2nc3cc(-c4ccccc4)ccc3o2)c(OC)c1. The average Bonchev–Trinajstić information content (AvgIpc) is 3.14.